The van der Waals surface area contributed by atoms with Gasteiger partial charge < -0.3 is 10.6 Å². The second kappa shape index (κ2) is 7.81. The maximum atomic E-state index is 11.9. The van der Waals surface area contributed by atoms with Crippen molar-refractivity contribution in [3.8, 4) is 6.07 Å². The first-order chi connectivity index (χ1) is 9.60. The fourth-order valence-electron chi connectivity index (χ4n) is 1.36. The number of nitrogens with one attached hydrogen (secondary N) is 2. The second-order valence-corrected chi connectivity index (χ2v) is 4.22. The molecule has 0 aromatic heterocycles. The van der Waals surface area contributed by atoms with Crippen molar-refractivity contribution in [3.05, 3.63) is 48.6 Å². The Hall–Kier alpha value is -2.52. The van der Waals surface area contributed by atoms with Crippen LogP contribution in [-0.4, -0.2) is 23.3 Å². The summed E-state index contributed by atoms with van der Waals surface area (Å²) in [7, 11) is 0. The Morgan fingerprint density at radius 2 is 2.05 bits per heavy atom. The normalized spacial score (nSPS) is 10.8. The minimum Gasteiger partial charge on any atom is -0.351 e. The van der Waals surface area contributed by atoms with Crippen molar-refractivity contribution < 1.29 is 9.59 Å². The van der Waals surface area contributed by atoms with Crippen LogP contribution in [0.15, 0.2) is 43.0 Å². The Kier molecular flexibility index (Phi) is 6.07. The number of nitriles is 1. The molecule has 0 aliphatic rings. The lowest BCUT2D eigenvalue weighted by atomic mass is 10.1. The summed E-state index contributed by atoms with van der Waals surface area (Å²) in [5, 5.41) is 13.8. The average Bonchev–Trinajstić information content (AvgIpc) is 2.46. The number of amides is 2. The van der Waals surface area contributed by atoms with Crippen molar-refractivity contribution in [2.45, 2.75) is 0 Å². The Morgan fingerprint density at radius 3 is 2.60 bits per heavy atom. The molecule has 1 aromatic rings. The van der Waals surface area contributed by atoms with E-state index in [2.05, 4.69) is 17.2 Å². The number of thiocarbonyl (C=S) groups is 1. The van der Waals surface area contributed by atoms with E-state index in [1.165, 1.54) is 6.08 Å². The minimum absolute atomic E-state index is 0.122. The van der Waals surface area contributed by atoms with E-state index in [0.29, 0.717) is 5.56 Å². The third-order valence-electron chi connectivity index (χ3n) is 2.35. The highest BCUT2D eigenvalue weighted by molar-refractivity contribution is 7.80. The molecule has 0 saturated carbocycles. The molecule has 0 saturated heterocycles. The maximum absolute atomic E-state index is 11.9. The highest BCUT2D eigenvalue weighted by Gasteiger charge is 2.24. The molecule has 2 amide bonds. The quantitative estimate of drug-likeness (QED) is 0.629. The summed E-state index contributed by atoms with van der Waals surface area (Å²) >= 11 is 4.94. The maximum Gasteiger partial charge on any atom is 0.256 e. The molecule has 1 atom stereocenters. The van der Waals surface area contributed by atoms with Crippen LogP contribution in [-0.2, 0) is 4.79 Å². The molecule has 6 heteroatoms. The van der Waals surface area contributed by atoms with Gasteiger partial charge in [-0.2, -0.15) is 5.26 Å². The predicted octanol–water partition coefficient (Wildman–Crippen LogP) is 1.19. The van der Waals surface area contributed by atoms with Crippen LogP contribution >= 0.6 is 12.2 Å². The van der Waals surface area contributed by atoms with Gasteiger partial charge in [-0.1, -0.05) is 36.5 Å². The molecule has 20 heavy (non-hydrogen) atoms. The molecular weight excluding hydrogens is 274 g/mol. The van der Waals surface area contributed by atoms with Crippen LogP contribution in [0.4, 0.5) is 0 Å². The van der Waals surface area contributed by atoms with E-state index < -0.39 is 17.7 Å². The molecule has 1 aromatic carbocycles. The molecule has 0 bridgehead atoms. The van der Waals surface area contributed by atoms with E-state index in [1.807, 2.05) is 0 Å². The van der Waals surface area contributed by atoms with E-state index in [9.17, 15) is 9.59 Å². The van der Waals surface area contributed by atoms with Gasteiger partial charge in [-0.15, -0.1) is 6.58 Å². The lowest BCUT2D eigenvalue weighted by molar-refractivity contribution is -0.121. The van der Waals surface area contributed by atoms with E-state index in [-0.39, 0.29) is 11.5 Å². The minimum atomic E-state index is -1.21. The molecule has 0 heterocycles. The molecule has 1 unspecified atom stereocenters. The lowest BCUT2D eigenvalue weighted by Gasteiger charge is -2.11. The smallest absolute Gasteiger partial charge is 0.256 e. The number of nitrogens with zero attached hydrogens (tertiary/aromatic N) is 1. The number of benzene rings is 1. The Balaban J connectivity index is 2.69. The lowest BCUT2D eigenvalue weighted by Crippen LogP contribution is -2.41. The molecule has 0 radical (unpaired) electrons. The van der Waals surface area contributed by atoms with E-state index >= 15 is 0 Å². The molecule has 5 nitrogen and oxygen atoms in total. The van der Waals surface area contributed by atoms with Gasteiger partial charge in [0, 0.05) is 12.1 Å². The molecule has 0 fully saturated rings. The number of carbonyl (C=O) groups is 2. The third kappa shape index (κ3) is 4.30. The zero-order chi connectivity index (χ0) is 15.0. The van der Waals surface area contributed by atoms with Gasteiger partial charge in [-0.25, -0.2) is 0 Å². The highest BCUT2D eigenvalue weighted by Crippen LogP contribution is 2.02. The first-order valence-electron chi connectivity index (χ1n) is 5.78. The number of hydrogen-bond donors (Lipinski definition) is 2. The fourth-order valence-corrected chi connectivity index (χ4v) is 1.61. The van der Waals surface area contributed by atoms with Crippen molar-refractivity contribution in [3.63, 3.8) is 0 Å². The van der Waals surface area contributed by atoms with Crippen molar-refractivity contribution in [2.24, 2.45) is 5.92 Å². The van der Waals surface area contributed by atoms with Crippen LogP contribution in [0.1, 0.15) is 10.4 Å². The standard InChI is InChI=1S/C14H13N3O2S/c1-2-8-16-13(19)11(9-15)14(20)17-12(18)10-6-4-3-5-7-10/h2-7,11H,1,8H2,(H,16,19)(H,17,18,20). The zero-order valence-electron chi connectivity index (χ0n) is 10.6. The van der Waals surface area contributed by atoms with Gasteiger partial charge in [-0.05, 0) is 12.1 Å². The second-order valence-electron chi connectivity index (χ2n) is 3.78. The summed E-state index contributed by atoms with van der Waals surface area (Å²) in [4.78, 5) is 23.4. The fraction of sp³-hybridized carbons (Fsp3) is 0.143. The summed E-state index contributed by atoms with van der Waals surface area (Å²) < 4.78 is 0. The topological polar surface area (TPSA) is 82.0 Å². The van der Waals surface area contributed by atoms with Gasteiger partial charge >= 0.3 is 0 Å². The van der Waals surface area contributed by atoms with Crippen LogP contribution in [0.25, 0.3) is 0 Å². The summed E-state index contributed by atoms with van der Waals surface area (Å²) in [5.74, 6) is -2.23. The average molecular weight is 287 g/mol. The summed E-state index contributed by atoms with van der Waals surface area (Å²) in [6.45, 7) is 3.68. The van der Waals surface area contributed by atoms with Gasteiger partial charge in [0.1, 0.15) is 4.99 Å². The van der Waals surface area contributed by atoms with Crippen molar-refractivity contribution >= 4 is 29.0 Å². The molecule has 102 valence electrons. The Bertz CT molecular complexity index is 564. The SMILES string of the molecule is C=CCNC(=O)C(C#N)C(=S)NC(=O)c1ccccc1. The number of rotatable bonds is 5. The predicted molar refractivity (Wildman–Crippen MR) is 78.8 cm³/mol. The van der Waals surface area contributed by atoms with Gasteiger partial charge in [-0.3, -0.25) is 9.59 Å². The number of hydrogen-bond acceptors (Lipinski definition) is 4. The van der Waals surface area contributed by atoms with Gasteiger partial charge in [0.15, 0.2) is 5.92 Å². The monoisotopic (exact) mass is 287 g/mol. The molecule has 0 spiro atoms. The molecule has 2 N–H and O–H groups in total. The first kappa shape index (κ1) is 15.5. The first-order valence-corrected chi connectivity index (χ1v) is 6.19. The van der Waals surface area contributed by atoms with Crippen LogP contribution < -0.4 is 10.6 Å². The zero-order valence-corrected chi connectivity index (χ0v) is 11.4. The van der Waals surface area contributed by atoms with Crippen LogP contribution in [0.2, 0.25) is 0 Å². The van der Waals surface area contributed by atoms with Gasteiger partial charge in [0.2, 0.25) is 5.91 Å². The van der Waals surface area contributed by atoms with Crippen molar-refractivity contribution in [1.29, 1.82) is 5.26 Å². The largest absolute Gasteiger partial charge is 0.351 e. The Morgan fingerprint density at radius 1 is 1.40 bits per heavy atom. The van der Waals surface area contributed by atoms with E-state index in [4.69, 9.17) is 17.5 Å². The highest BCUT2D eigenvalue weighted by atomic mass is 32.1. The van der Waals surface area contributed by atoms with Crippen LogP contribution in [0, 0.1) is 17.2 Å². The third-order valence-corrected chi connectivity index (χ3v) is 2.68. The van der Waals surface area contributed by atoms with Gasteiger partial charge in [0.25, 0.3) is 5.91 Å². The molecule has 0 aliphatic heterocycles. The Labute approximate surface area is 122 Å². The summed E-state index contributed by atoms with van der Waals surface area (Å²) in [5.41, 5.74) is 0.401. The van der Waals surface area contributed by atoms with E-state index in [0.717, 1.165) is 0 Å². The summed E-state index contributed by atoms with van der Waals surface area (Å²) in [6, 6.07) is 10.2. The molecule has 1 rings (SSSR count). The molecular formula is C14H13N3O2S. The van der Waals surface area contributed by atoms with E-state index in [1.54, 1.807) is 36.4 Å². The van der Waals surface area contributed by atoms with Crippen LogP contribution in [0.5, 0.6) is 0 Å². The molecule has 0 aliphatic carbocycles. The van der Waals surface area contributed by atoms with Crippen molar-refractivity contribution in [2.75, 3.05) is 6.54 Å². The summed E-state index contributed by atoms with van der Waals surface area (Å²) in [6.07, 6.45) is 1.48. The number of carbonyl (C=O) groups excluding carboxylic acids is 2. The van der Waals surface area contributed by atoms with Gasteiger partial charge in [0.05, 0.1) is 6.07 Å². The van der Waals surface area contributed by atoms with Crippen molar-refractivity contribution in [1.82, 2.24) is 10.6 Å². The van der Waals surface area contributed by atoms with Crippen LogP contribution in [0.3, 0.4) is 0 Å².